The van der Waals surface area contributed by atoms with E-state index in [2.05, 4.69) is 54.4 Å². The topological polar surface area (TPSA) is 60.0 Å². The molecule has 1 amide bonds. The van der Waals surface area contributed by atoms with Crippen molar-refractivity contribution in [2.75, 3.05) is 34.5 Å². The van der Waals surface area contributed by atoms with E-state index in [4.69, 9.17) is 14.2 Å². The van der Waals surface area contributed by atoms with Gasteiger partial charge in [0, 0.05) is 25.7 Å². The summed E-state index contributed by atoms with van der Waals surface area (Å²) >= 11 is 0. The highest BCUT2D eigenvalue weighted by Gasteiger charge is 2.38. The predicted octanol–water partition coefficient (Wildman–Crippen LogP) is 5.35. The van der Waals surface area contributed by atoms with Gasteiger partial charge in [0.2, 0.25) is 5.91 Å². The van der Waals surface area contributed by atoms with Gasteiger partial charge in [0.05, 0.1) is 20.8 Å². The number of methoxy groups -OCH3 is 3. The number of benzene rings is 3. The van der Waals surface area contributed by atoms with Gasteiger partial charge >= 0.3 is 0 Å². The van der Waals surface area contributed by atoms with Gasteiger partial charge in [0.15, 0.2) is 11.5 Å². The van der Waals surface area contributed by atoms with Gasteiger partial charge in [-0.2, -0.15) is 0 Å². The van der Waals surface area contributed by atoms with E-state index >= 15 is 0 Å². The molecule has 0 saturated carbocycles. The Morgan fingerprint density at radius 3 is 2.34 bits per heavy atom. The van der Waals surface area contributed by atoms with Crippen molar-refractivity contribution in [3.8, 4) is 11.5 Å². The molecular weight excluding hydrogens is 476 g/mol. The van der Waals surface area contributed by atoms with E-state index in [1.807, 2.05) is 37.3 Å². The van der Waals surface area contributed by atoms with Crippen LogP contribution in [0.4, 0.5) is 0 Å². The molecule has 38 heavy (non-hydrogen) atoms. The average Bonchev–Trinajstić information content (AvgIpc) is 2.91. The number of aryl methyl sites for hydroxylation is 2. The number of nitrogens with one attached hydrogen (secondary N) is 1. The molecule has 1 unspecified atom stereocenters. The van der Waals surface area contributed by atoms with Crippen molar-refractivity contribution in [3.05, 3.63) is 94.0 Å². The lowest BCUT2D eigenvalue weighted by molar-refractivity contribution is -0.129. The Labute approximate surface area is 226 Å². The standard InChI is InChI=1S/C32H40N2O4/c1-21-12-13-24(16-22(21)2)17-28-27-19-30(38-6)29(37-5)18-26(27)14-15-34(28)31(25-10-8-7-9-11-25)32(35)33-23(3)20-36-4/h7-13,16,18-19,23,28,31H,14-15,17,20H2,1-6H3,(H,33,35)/t23?,28-,31+/m0/s1. The fraction of sp³-hybridized carbons (Fsp3) is 0.406. The minimum absolute atomic E-state index is 0.0187. The van der Waals surface area contributed by atoms with Crippen molar-refractivity contribution in [3.63, 3.8) is 0 Å². The summed E-state index contributed by atoms with van der Waals surface area (Å²) in [5.41, 5.74) is 7.16. The third-order valence-corrected chi connectivity index (χ3v) is 7.55. The number of carbonyl (C=O) groups excluding carboxylic acids is 1. The van der Waals surface area contributed by atoms with E-state index in [1.54, 1.807) is 21.3 Å². The summed E-state index contributed by atoms with van der Waals surface area (Å²) in [6.07, 6.45) is 1.58. The number of amides is 1. The Morgan fingerprint density at radius 1 is 0.974 bits per heavy atom. The molecule has 202 valence electrons. The summed E-state index contributed by atoms with van der Waals surface area (Å²) in [6.45, 7) is 7.45. The molecule has 0 bridgehead atoms. The third-order valence-electron chi connectivity index (χ3n) is 7.55. The molecule has 1 aliphatic rings. The molecule has 1 heterocycles. The largest absolute Gasteiger partial charge is 0.493 e. The first-order valence-corrected chi connectivity index (χ1v) is 13.3. The number of hydrogen-bond acceptors (Lipinski definition) is 5. The fourth-order valence-corrected chi connectivity index (χ4v) is 5.48. The summed E-state index contributed by atoms with van der Waals surface area (Å²) in [4.78, 5) is 16.3. The molecule has 6 nitrogen and oxygen atoms in total. The molecule has 0 aliphatic carbocycles. The summed E-state index contributed by atoms with van der Waals surface area (Å²) in [5.74, 6) is 1.41. The lowest BCUT2D eigenvalue weighted by atomic mass is 9.85. The summed E-state index contributed by atoms with van der Waals surface area (Å²) in [7, 11) is 4.99. The number of hydrogen-bond donors (Lipinski definition) is 1. The van der Waals surface area contributed by atoms with E-state index in [9.17, 15) is 4.79 Å². The van der Waals surface area contributed by atoms with Crippen LogP contribution in [0.2, 0.25) is 0 Å². The first-order chi connectivity index (χ1) is 18.4. The van der Waals surface area contributed by atoms with E-state index in [-0.39, 0.29) is 18.0 Å². The second-order valence-corrected chi connectivity index (χ2v) is 10.2. The molecule has 0 saturated heterocycles. The zero-order valence-corrected chi connectivity index (χ0v) is 23.4. The SMILES string of the molecule is COCC(C)NC(=O)[C@@H](c1ccccc1)N1CCc2cc(OC)c(OC)cc2[C@@H]1Cc1ccc(C)c(C)c1. The highest BCUT2D eigenvalue weighted by Crippen LogP contribution is 2.43. The molecule has 0 fully saturated rings. The Hall–Kier alpha value is -3.35. The van der Waals surface area contributed by atoms with Crippen molar-refractivity contribution < 1.29 is 19.0 Å². The molecular formula is C32H40N2O4. The van der Waals surface area contributed by atoms with Crippen molar-refractivity contribution in [2.45, 2.75) is 51.7 Å². The minimum atomic E-state index is -0.451. The highest BCUT2D eigenvalue weighted by atomic mass is 16.5. The average molecular weight is 517 g/mol. The quantitative estimate of drug-likeness (QED) is 0.393. The lowest BCUT2D eigenvalue weighted by Crippen LogP contribution is -2.48. The highest BCUT2D eigenvalue weighted by molar-refractivity contribution is 5.83. The zero-order chi connectivity index (χ0) is 27.2. The molecule has 3 aromatic carbocycles. The monoisotopic (exact) mass is 516 g/mol. The second-order valence-electron chi connectivity index (χ2n) is 10.2. The van der Waals surface area contributed by atoms with Gasteiger partial charge in [-0.1, -0.05) is 48.5 Å². The van der Waals surface area contributed by atoms with E-state index in [0.29, 0.717) is 12.4 Å². The maximum absolute atomic E-state index is 13.9. The van der Waals surface area contributed by atoms with Crippen LogP contribution in [0.1, 0.15) is 52.4 Å². The van der Waals surface area contributed by atoms with Gasteiger partial charge < -0.3 is 19.5 Å². The van der Waals surface area contributed by atoms with E-state index in [1.165, 1.54) is 27.8 Å². The van der Waals surface area contributed by atoms with Gasteiger partial charge in [0.25, 0.3) is 0 Å². The summed E-state index contributed by atoms with van der Waals surface area (Å²) < 4.78 is 16.6. The molecule has 1 N–H and O–H groups in total. The van der Waals surface area contributed by atoms with Crippen LogP contribution >= 0.6 is 0 Å². The van der Waals surface area contributed by atoms with Crippen LogP contribution in [0, 0.1) is 13.8 Å². The Balaban J connectivity index is 1.82. The third kappa shape index (κ3) is 6.03. The molecule has 1 aliphatic heterocycles. The molecule has 3 atom stereocenters. The van der Waals surface area contributed by atoms with Crippen LogP contribution in [0.3, 0.4) is 0 Å². The van der Waals surface area contributed by atoms with Crippen molar-refractivity contribution in [1.29, 1.82) is 0 Å². The minimum Gasteiger partial charge on any atom is -0.493 e. The van der Waals surface area contributed by atoms with Gasteiger partial charge in [-0.05, 0) is 79.1 Å². The molecule has 3 aromatic rings. The molecule has 6 heteroatoms. The number of nitrogens with zero attached hydrogens (tertiary/aromatic N) is 1. The van der Waals surface area contributed by atoms with Crippen LogP contribution in [-0.2, 0) is 22.4 Å². The predicted molar refractivity (Wildman–Crippen MR) is 151 cm³/mol. The van der Waals surface area contributed by atoms with Crippen molar-refractivity contribution in [1.82, 2.24) is 10.2 Å². The van der Waals surface area contributed by atoms with E-state index < -0.39 is 6.04 Å². The van der Waals surface area contributed by atoms with Gasteiger partial charge in [0.1, 0.15) is 6.04 Å². The number of carbonyl (C=O) groups is 1. The van der Waals surface area contributed by atoms with Crippen molar-refractivity contribution >= 4 is 5.91 Å². The molecule has 0 spiro atoms. The first kappa shape index (κ1) is 27.7. The Morgan fingerprint density at radius 2 is 1.68 bits per heavy atom. The van der Waals surface area contributed by atoms with E-state index in [0.717, 1.165) is 30.7 Å². The van der Waals surface area contributed by atoms with Crippen LogP contribution in [0.5, 0.6) is 11.5 Å². The van der Waals surface area contributed by atoms with Crippen molar-refractivity contribution in [2.24, 2.45) is 0 Å². The normalized spacial score (nSPS) is 16.8. The van der Waals surface area contributed by atoms with Gasteiger partial charge in [-0.25, -0.2) is 0 Å². The first-order valence-electron chi connectivity index (χ1n) is 13.3. The summed E-state index contributed by atoms with van der Waals surface area (Å²) in [6, 6.07) is 20.3. The molecule has 0 aromatic heterocycles. The maximum Gasteiger partial charge on any atom is 0.242 e. The maximum atomic E-state index is 13.9. The fourth-order valence-electron chi connectivity index (χ4n) is 5.48. The molecule has 0 radical (unpaired) electrons. The molecule has 4 rings (SSSR count). The Bertz CT molecular complexity index is 1240. The number of fused-ring (bicyclic) bond motifs is 1. The van der Waals surface area contributed by atoms with Crippen LogP contribution in [0.15, 0.2) is 60.7 Å². The Kier molecular flexibility index (Phi) is 9.08. The van der Waals surface area contributed by atoms with Crippen LogP contribution in [-0.4, -0.2) is 51.3 Å². The smallest absolute Gasteiger partial charge is 0.242 e. The second kappa shape index (κ2) is 12.5. The number of rotatable bonds is 10. The summed E-state index contributed by atoms with van der Waals surface area (Å²) in [5, 5.41) is 3.19. The zero-order valence-electron chi connectivity index (χ0n) is 23.4. The lowest BCUT2D eigenvalue weighted by Gasteiger charge is -2.42. The van der Waals surface area contributed by atoms with Crippen LogP contribution < -0.4 is 14.8 Å². The van der Waals surface area contributed by atoms with Gasteiger partial charge in [-0.15, -0.1) is 0 Å². The van der Waals surface area contributed by atoms with Crippen LogP contribution in [0.25, 0.3) is 0 Å². The van der Waals surface area contributed by atoms with Gasteiger partial charge in [-0.3, -0.25) is 9.69 Å². The number of ether oxygens (including phenoxy) is 3.